The van der Waals surface area contributed by atoms with Crippen LogP contribution in [-0.2, 0) is 0 Å². The van der Waals surface area contributed by atoms with Crippen LogP contribution in [0, 0.1) is 10.1 Å². The zero-order chi connectivity index (χ0) is 14.8. The molecule has 4 nitrogen and oxygen atoms in total. The zero-order valence-electron chi connectivity index (χ0n) is 11.4. The molecule has 0 bridgehead atoms. The molecule has 2 aromatic rings. The first kappa shape index (κ1) is 13.9. The lowest BCUT2D eigenvalue weighted by atomic mass is 9.99. The van der Waals surface area contributed by atoms with Gasteiger partial charge < -0.3 is 4.90 Å². The topological polar surface area (TPSA) is 46.4 Å². The van der Waals surface area contributed by atoms with Crippen LogP contribution in [0.2, 0.25) is 5.02 Å². The number of hydrogen-bond acceptors (Lipinski definition) is 3. The van der Waals surface area contributed by atoms with Crippen LogP contribution in [0.25, 0.3) is 0 Å². The van der Waals surface area contributed by atoms with Gasteiger partial charge in [0.15, 0.2) is 0 Å². The van der Waals surface area contributed by atoms with Gasteiger partial charge in [0.05, 0.1) is 4.92 Å². The van der Waals surface area contributed by atoms with Crippen molar-refractivity contribution in [1.82, 2.24) is 0 Å². The van der Waals surface area contributed by atoms with Crippen LogP contribution in [-0.4, -0.2) is 18.0 Å². The fourth-order valence-electron chi connectivity index (χ4n) is 2.92. The molecule has 3 rings (SSSR count). The van der Waals surface area contributed by atoms with Crippen LogP contribution in [0.1, 0.15) is 17.9 Å². The summed E-state index contributed by atoms with van der Waals surface area (Å²) in [5.41, 5.74) is 1.91. The van der Waals surface area contributed by atoms with Gasteiger partial charge in [0, 0.05) is 19.0 Å². The lowest BCUT2D eigenvalue weighted by Gasteiger charge is -2.19. The molecule has 1 atom stereocenters. The van der Waals surface area contributed by atoms with Crippen LogP contribution in [0.4, 0.5) is 11.4 Å². The lowest BCUT2D eigenvalue weighted by Crippen LogP contribution is -2.20. The lowest BCUT2D eigenvalue weighted by molar-refractivity contribution is -0.384. The van der Waals surface area contributed by atoms with E-state index in [-0.39, 0.29) is 10.7 Å². The van der Waals surface area contributed by atoms with Crippen molar-refractivity contribution >= 4 is 23.0 Å². The van der Waals surface area contributed by atoms with Gasteiger partial charge in [-0.15, -0.1) is 0 Å². The molecule has 0 aromatic heterocycles. The molecule has 0 radical (unpaired) electrons. The molecule has 0 saturated carbocycles. The second-order valence-corrected chi connectivity index (χ2v) is 5.61. The summed E-state index contributed by atoms with van der Waals surface area (Å²) in [7, 11) is 0. The number of hydrogen-bond donors (Lipinski definition) is 0. The summed E-state index contributed by atoms with van der Waals surface area (Å²) in [6.45, 7) is 1.59. The third-order valence-corrected chi connectivity index (χ3v) is 4.25. The molecule has 1 aliphatic rings. The number of nitro benzene ring substituents is 1. The highest BCUT2D eigenvalue weighted by Crippen LogP contribution is 2.39. The molecule has 2 aromatic carbocycles. The van der Waals surface area contributed by atoms with E-state index >= 15 is 0 Å². The normalized spacial score (nSPS) is 18.0. The quantitative estimate of drug-likeness (QED) is 0.629. The Balaban J connectivity index is 1.87. The Labute approximate surface area is 128 Å². The van der Waals surface area contributed by atoms with E-state index in [4.69, 9.17) is 11.6 Å². The Morgan fingerprint density at radius 1 is 1.14 bits per heavy atom. The first-order valence-electron chi connectivity index (χ1n) is 6.89. The highest BCUT2D eigenvalue weighted by molar-refractivity contribution is 6.33. The maximum atomic E-state index is 11.2. The van der Waals surface area contributed by atoms with Gasteiger partial charge in [-0.3, -0.25) is 10.1 Å². The number of anilines is 1. The van der Waals surface area contributed by atoms with Gasteiger partial charge >= 0.3 is 5.69 Å². The minimum absolute atomic E-state index is 0.00729. The van der Waals surface area contributed by atoms with Crippen LogP contribution in [0.3, 0.4) is 0 Å². The van der Waals surface area contributed by atoms with Crippen LogP contribution >= 0.6 is 11.6 Å². The van der Waals surface area contributed by atoms with E-state index in [0.29, 0.717) is 11.6 Å². The van der Waals surface area contributed by atoms with E-state index in [9.17, 15) is 10.1 Å². The van der Waals surface area contributed by atoms with Crippen molar-refractivity contribution < 1.29 is 4.92 Å². The van der Waals surface area contributed by atoms with Crippen molar-refractivity contribution in [2.45, 2.75) is 12.3 Å². The first-order valence-corrected chi connectivity index (χ1v) is 7.27. The minimum atomic E-state index is -0.395. The molecule has 108 valence electrons. The highest BCUT2D eigenvalue weighted by Gasteiger charge is 2.29. The number of rotatable bonds is 3. The smallest absolute Gasteiger partial charge is 0.310 e. The van der Waals surface area contributed by atoms with Crippen molar-refractivity contribution in [3.05, 3.63) is 69.2 Å². The summed E-state index contributed by atoms with van der Waals surface area (Å²) in [5, 5.41) is 11.4. The molecular weight excluding hydrogens is 288 g/mol. The van der Waals surface area contributed by atoms with Crippen LogP contribution < -0.4 is 4.90 Å². The van der Waals surface area contributed by atoms with Crippen molar-refractivity contribution in [1.29, 1.82) is 0 Å². The Hall–Kier alpha value is -2.07. The molecule has 1 heterocycles. The van der Waals surface area contributed by atoms with Crippen molar-refractivity contribution in [2.24, 2.45) is 0 Å². The van der Waals surface area contributed by atoms with Crippen molar-refractivity contribution in [3.63, 3.8) is 0 Å². The number of nitro groups is 1. The van der Waals surface area contributed by atoms with Gasteiger partial charge in [-0.25, -0.2) is 0 Å². The number of benzene rings is 2. The Morgan fingerprint density at radius 2 is 1.90 bits per heavy atom. The van der Waals surface area contributed by atoms with E-state index in [1.165, 1.54) is 5.56 Å². The molecule has 1 aliphatic heterocycles. The summed E-state index contributed by atoms with van der Waals surface area (Å²) >= 11 is 5.99. The third-order valence-electron chi connectivity index (χ3n) is 3.95. The maximum absolute atomic E-state index is 11.2. The SMILES string of the molecule is O=[N+]([O-])c1c(Cl)cccc1N1CCC(c2ccccc2)C1. The number of nitrogens with zero attached hydrogens (tertiary/aromatic N) is 2. The highest BCUT2D eigenvalue weighted by atomic mass is 35.5. The third kappa shape index (κ3) is 2.72. The van der Waals surface area contributed by atoms with Crippen molar-refractivity contribution in [2.75, 3.05) is 18.0 Å². The molecule has 0 amide bonds. The Morgan fingerprint density at radius 3 is 2.62 bits per heavy atom. The molecular formula is C16H15ClN2O2. The summed E-state index contributed by atoms with van der Waals surface area (Å²) < 4.78 is 0. The zero-order valence-corrected chi connectivity index (χ0v) is 12.2. The molecule has 1 saturated heterocycles. The predicted octanol–water partition coefficient (Wildman–Crippen LogP) is 4.24. The summed E-state index contributed by atoms with van der Waals surface area (Å²) in [4.78, 5) is 12.9. The largest absolute Gasteiger partial charge is 0.365 e. The second-order valence-electron chi connectivity index (χ2n) is 5.21. The molecule has 1 fully saturated rings. The summed E-state index contributed by atoms with van der Waals surface area (Å²) in [6, 6.07) is 15.4. The molecule has 0 spiro atoms. The Bertz CT molecular complexity index is 661. The molecule has 1 unspecified atom stereocenters. The summed E-state index contributed by atoms with van der Waals surface area (Å²) in [6.07, 6.45) is 0.994. The van der Waals surface area contributed by atoms with E-state index in [2.05, 4.69) is 17.0 Å². The van der Waals surface area contributed by atoms with Gasteiger partial charge in [0.1, 0.15) is 10.7 Å². The molecule has 21 heavy (non-hydrogen) atoms. The molecule has 5 heteroatoms. The molecule has 0 aliphatic carbocycles. The van der Waals surface area contributed by atoms with E-state index in [0.717, 1.165) is 19.5 Å². The minimum Gasteiger partial charge on any atom is -0.365 e. The van der Waals surface area contributed by atoms with Crippen molar-refractivity contribution in [3.8, 4) is 0 Å². The van der Waals surface area contributed by atoms with E-state index < -0.39 is 4.92 Å². The fraction of sp³-hybridized carbons (Fsp3) is 0.250. The first-order chi connectivity index (χ1) is 10.2. The monoisotopic (exact) mass is 302 g/mol. The second kappa shape index (κ2) is 5.74. The van der Waals surface area contributed by atoms with E-state index in [1.54, 1.807) is 18.2 Å². The van der Waals surface area contributed by atoms with Gasteiger partial charge in [-0.05, 0) is 24.1 Å². The van der Waals surface area contributed by atoms with Crippen LogP contribution in [0.5, 0.6) is 0 Å². The average molecular weight is 303 g/mol. The number of para-hydroxylation sites is 1. The van der Waals surface area contributed by atoms with E-state index in [1.807, 2.05) is 18.2 Å². The average Bonchev–Trinajstić information content (AvgIpc) is 2.97. The summed E-state index contributed by atoms with van der Waals surface area (Å²) in [5.74, 6) is 0.407. The molecule has 0 N–H and O–H groups in total. The maximum Gasteiger partial charge on any atom is 0.310 e. The fourth-order valence-corrected chi connectivity index (χ4v) is 3.15. The van der Waals surface area contributed by atoms with Gasteiger partial charge in [0.25, 0.3) is 0 Å². The number of halogens is 1. The van der Waals surface area contributed by atoms with Gasteiger partial charge in [0.2, 0.25) is 0 Å². The predicted molar refractivity (Wildman–Crippen MR) is 84.1 cm³/mol. The standard InChI is InChI=1S/C16H15ClN2O2/c17-14-7-4-8-15(16(14)19(20)21)18-10-9-13(11-18)12-5-2-1-3-6-12/h1-8,13H,9-11H2. The van der Waals surface area contributed by atoms with Crippen LogP contribution in [0.15, 0.2) is 48.5 Å². The van der Waals surface area contributed by atoms with Gasteiger partial charge in [-0.1, -0.05) is 48.0 Å². The van der Waals surface area contributed by atoms with Gasteiger partial charge in [-0.2, -0.15) is 0 Å². The Kier molecular flexibility index (Phi) is 3.80.